The van der Waals surface area contributed by atoms with Gasteiger partial charge in [-0.1, -0.05) is 30.3 Å². The lowest BCUT2D eigenvalue weighted by Crippen LogP contribution is -2.50. The van der Waals surface area contributed by atoms with E-state index in [1.165, 1.54) is 11.8 Å². The van der Waals surface area contributed by atoms with Gasteiger partial charge in [-0.15, -0.1) is 0 Å². The molecule has 0 unspecified atom stereocenters. The van der Waals surface area contributed by atoms with Crippen LogP contribution in [0.15, 0.2) is 53.3 Å². The molecular weight excluding hydrogens is 330 g/mol. The Morgan fingerprint density at radius 1 is 1.31 bits per heavy atom. The van der Waals surface area contributed by atoms with E-state index in [-0.39, 0.29) is 23.8 Å². The topological polar surface area (TPSA) is 85.0 Å². The average molecular weight is 351 g/mol. The maximum Gasteiger partial charge on any atom is 0.307 e. The van der Waals surface area contributed by atoms with E-state index in [0.717, 1.165) is 25.2 Å². The molecule has 7 nitrogen and oxygen atoms in total. The van der Waals surface area contributed by atoms with Crippen molar-refractivity contribution in [2.75, 3.05) is 13.1 Å². The van der Waals surface area contributed by atoms with Crippen molar-refractivity contribution in [1.29, 1.82) is 0 Å². The number of aromatic nitrogens is 3. The highest BCUT2D eigenvalue weighted by Crippen LogP contribution is 2.26. The number of nitrogens with one attached hydrogen (secondary N) is 2. The van der Waals surface area contributed by atoms with E-state index in [4.69, 9.17) is 4.42 Å². The largest absolute Gasteiger partial charge is 0.440 e. The third-order valence-corrected chi connectivity index (χ3v) is 4.81. The molecule has 4 rings (SSSR count). The molecule has 26 heavy (non-hydrogen) atoms. The Balaban J connectivity index is 1.50. The summed E-state index contributed by atoms with van der Waals surface area (Å²) in [4.78, 5) is 17.0. The molecular formula is C19H21N5O2. The minimum atomic E-state index is -0.298. The summed E-state index contributed by atoms with van der Waals surface area (Å²) in [5, 5.41) is 10.5. The smallest absolute Gasteiger partial charge is 0.307 e. The van der Waals surface area contributed by atoms with Crippen molar-refractivity contribution in [3.05, 3.63) is 60.3 Å². The minimum absolute atomic E-state index is 0.00861. The molecule has 1 aliphatic rings. The van der Waals surface area contributed by atoms with Gasteiger partial charge in [0.2, 0.25) is 0 Å². The SMILES string of the molecule is Cn1nccc1-c1coc(C(=O)N[C@H]2CNCC[C@@H]2c2ccccc2)n1. The summed E-state index contributed by atoms with van der Waals surface area (Å²) in [7, 11) is 1.82. The van der Waals surface area contributed by atoms with Crippen LogP contribution in [-0.2, 0) is 7.05 Å². The molecule has 0 saturated carbocycles. The molecule has 0 aliphatic carbocycles. The van der Waals surface area contributed by atoms with Crippen molar-refractivity contribution in [2.45, 2.75) is 18.4 Å². The first-order valence-corrected chi connectivity index (χ1v) is 8.73. The molecule has 3 heterocycles. The van der Waals surface area contributed by atoms with Crippen LogP contribution < -0.4 is 10.6 Å². The second-order valence-corrected chi connectivity index (χ2v) is 6.47. The van der Waals surface area contributed by atoms with Crippen LogP contribution in [0.1, 0.15) is 28.6 Å². The fraction of sp³-hybridized carbons (Fsp3) is 0.316. The first-order chi connectivity index (χ1) is 12.7. The number of nitrogens with zero attached hydrogens (tertiary/aromatic N) is 3. The monoisotopic (exact) mass is 351 g/mol. The van der Waals surface area contributed by atoms with Gasteiger partial charge in [-0.3, -0.25) is 9.48 Å². The lowest BCUT2D eigenvalue weighted by Gasteiger charge is -2.32. The van der Waals surface area contributed by atoms with Crippen molar-refractivity contribution >= 4 is 5.91 Å². The lowest BCUT2D eigenvalue weighted by atomic mass is 9.86. The number of hydrogen-bond donors (Lipinski definition) is 2. The predicted octanol–water partition coefficient (Wildman–Crippen LogP) is 1.95. The van der Waals surface area contributed by atoms with Crippen molar-refractivity contribution in [3.8, 4) is 11.4 Å². The van der Waals surface area contributed by atoms with Gasteiger partial charge in [-0.25, -0.2) is 4.98 Å². The minimum Gasteiger partial charge on any atom is -0.440 e. The first-order valence-electron chi connectivity index (χ1n) is 8.73. The quantitative estimate of drug-likeness (QED) is 0.750. The molecule has 1 saturated heterocycles. The normalized spacial score (nSPS) is 20.0. The fourth-order valence-electron chi connectivity index (χ4n) is 3.46. The van der Waals surface area contributed by atoms with E-state index in [1.54, 1.807) is 10.9 Å². The zero-order valence-electron chi connectivity index (χ0n) is 14.6. The number of piperidine rings is 1. The molecule has 134 valence electrons. The summed E-state index contributed by atoms with van der Waals surface area (Å²) in [6.07, 6.45) is 4.14. The molecule has 2 atom stereocenters. The molecule has 1 amide bonds. The highest BCUT2D eigenvalue weighted by molar-refractivity contribution is 5.90. The van der Waals surface area contributed by atoms with Gasteiger partial charge in [0.25, 0.3) is 5.89 Å². The standard InChI is InChI=1S/C19H21N5O2/c1-24-17(8-10-21-24)16-12-26-19(23-16)18(25)22-15-11-20-9-7-14(15)13-5-3-2-4-6-13/h2-6,8,10,12,14-15,20H,7,9,11H2,1H3,(H,22,25)/t14-,15+/m1/s1. The number of rotatable bonds is 4. The molecule has 2 aromatic heterocycles. The third-order valence-electron chi connectivity index (χ3n) is 4.81. The molecule has 0 bridgehead atoms. The van der Waals surface area contributed by atoms with Crippen LogP contribution in [0.3, 0.4) is 0 Å². The lowest BCUT2D eigenvalue weighted by molar-refractivity contribution is 0.0889. The number of aryl methyl sites for hydroxylation is 1. The highest BCUT2D eigenvalue weighted by atomic mass is 16.4. The highest BCUT2D eigenvalue weighted by Gasteiger charge is 2.29. The van der Waals surface area contributed by atoms with Crippen LogP contribution in [0, 0.1) is 0 Å². The van der Waals surface area contributed by atoms with E-state index in [9.17, 15) is 4.79 Å². The predicted molar refractivity (Wildman–Crippen MR) is 96.6 cm³/mol. The van der Waals surface area contributed by atoms with Crippen LogP contribution in [0.25, 0.3) is 11.4 Å². The Morgan fingerprint density at radius 2 is 2.15 bits per heavy atom. The van der Waals surface area contributed by atoms with Gasteiger partial charge in [-0.2, -0.15) is 5.10 Å². The van der Waals surface area contributed by atoms with Crippen LogP contribution >= 0.6 is 0 Å². The van der Waals surface area contributed by atoms with Gasteiger partial charge in [0, 0.05) is 31.7 Å². The summed E-state index contributed by atoms with van der Waals surface area (Å²) in [6.45, 7) is 1.66. The zero-order chi connectivity index (χ0) is 17.9. The van der Waals surface area contributed by atoms with E-state index >= 15 is 0 Å². The van der Waals surface area contributed by atoms with E-state index in [0.29, 0.717) is 5.69 Å². The third kappa shape index (κ3) is 3.25. The van der Waals surface area contributed by atoms with E-state index < -0.39 is 0 Å². The Morgan fingerprint density at radius 3 is 2.92 bits per heavy atom. The Labute approximate surface area is 151 Å². The zero-order valence-corrected chi connectivity index (χ0v) is 14.6. The molecule has 1 aliphatic heterocycles. The number of oxazole rings is 1. The number of hydrogen-bond acceptors (Lipinski definition) is 5. The number of carbonyl (C=O) groups is 1. The van der Waals surface area contributed by atoms with E-state index in [2.05, 4.69) is 32.8 Å². The fourth-order valence-corrected chi connectivity index (χ4v) is 3.46. The van der Waals surface area contributed by atoms with Crippen LogP contribution in [0.2, 0.25) is 0 Å². The Kier molecular flexibility index (Phi) is 4.53. The van der Waals surface area contributed by atoms with Gasteiger partial charge in [0.1, 0.15) is 12.0 Å². The maximum absolute atomic E-state index is 12.6. The summed E-state index contributed by atoms with van der Waals surface area (Å²) in [5.41, 5.74) is 2.63. The number of carbonyl (C=O) groups excluding carboxylic acids is 1. The molecule has 0 spiro atoms. The molecule has 0 radical (unpaired) electrons. The Hall–Kier alpha value is -2.93. The van der Waals surface area contributed by atoms with Crippen LogP contribution in [0.4, 0.5) is 0 Å². The van der Waals surface area contributed by atoms with Crippen molar-refractivity contribution < 1.29 is 9.21 Å². The van der Waals surface area contributed by atoms with Gasteiger partial charge in [0.15, 0.2) is 0 Å². The summed E-state index contributed by atoms with van der Waals surface area (Å²) < 4.78 is 7.09. The average Bonchev–Trinajstić information content (AvgIpc) is 3.32. The second kappa shape index (κ2) is 7.13. The molecule has 1 aromatic carbocycles. The van der Waals surface area contributed by atoms with Crippen molar-refractivity contribution in [3.63, 3.8) is 0 Å². The molecule has 2 N–H and O–H groups in total. The molecule has 1 fully saturated rings. The number of amides is 1. The first kappa shape index (κ1) is 16.5. The number of benzene rings is 1. The van der Waals surface area contributed by atoms with Crippen LogP contribution in [0.5, 0.6) is 0 Å². The maximum atomic E-state index is 12.6. The van der Waals surface area contributed by atoms with Gasteiger partial charge in [0.05, 0.1) is 5.69 Å². The van der Waals surface area contributed by atoms with Gasteiger partial charge >= 0.3 is 5.91 Å². The molecule has 7 heteroatoms. The summed E-state index contributed by atoms with van der Waals surface area (Å²) in [6, 6.07) is 12.1. The van der Waals surface area contributed by atoms with Crippen molar-refractivity contribution in [2.24, 2.45) is 7.05 Å². The van der Waals surface area contributed by atoms with Crippen LogP contribution in [-0.4, -0.2) is 39.8 Å². The van der Waals surface area contributed by atoms with Gasteiger partial charge < -0.3 is 15.1 Å². The molecule has 3 aromatic rings. The van der Waals surface area contributed by atoms with Crippen molar-refractivity contribution in [1.82, 2.24) is 25.4 Å². The second-order valence-electron chi connectivity index (χ2n) is 6.47. The van der Waals surface area contributed by atoms with E-state index in [1.807, 2.05) is 31.3 Å². The summed E-state index contributed by atoms with van der Waals surface area (Å²) >= 11 is 0. The Bertz CT molecular complexity index is 886. The van der Waals surface area contributed by atoms with Gasteiger partial charge in [-0.05, 0) is 24.6 Å². The summed E-state index contributed by atoms with van der Waals surface area (Å²) in [5.74, 6) is 0.0412.